The Hall–Kier alpha value is -2.49. The highest BCUT2D eigenvalue weighted by molar-refractivity contribution is 7.80. The van der Waals surface area contributed by atoms with Gasteiger partial charge in [-0.05, 0) is 78.6 Å². The van der Waals surface area contributed by atoms with E-state index in [1.165, 1.54) is 0 Å². The number of aliphatic imine (C=N–C) groups is 1. The average molecular weight is 637 g/mol. The number of guanidine groups is 1. The number of carbonyl (C=O) groups is 3. The van der Waals surface area contributed by atoms with Crippen molar-refractivity contribution in [3.05, 3.63) is 0 Å². The Morgan fingerprint density at radius 1 is 0.977 bits per heavy atom. The van der Waals surface area contributed by atoms with Gasteiger partial charge in [0, 0.05) is 13.7 Å². The molecule has 0 aromatic heterocycles. The van der Waals surface area contributed by atoms with Crippen LogP contribution in [0.15, 0.2) is 4.99 Å². The lowest BCUT2D eigenvalue weighted by Gasteiger charge is -2.41. The van der Waals surface area contributed by atoms with Gasteiger partial charge in [0.25, 0.3) is 0 Å². The molecule has 0 saturated heterocycles. The lowest BCUT2D eigenvalue weighted by Crippen LogP contribution is -2.49. The van der Waals surface area contributed by atoms with E-state index in [-0.39, 0.29) is 54.5 Å². The quantitative estimate of drug-likeness (QED) is 0.0653. The molecule has 1 saturated carbocycles. The minimum absolute atomic E-state index is 0.0335. The molecule has 1 fully saturated rings. The Balaban J connectivity index is 2.99. The van der Waals surface area contributed by atoms with Gasteiger partial charge in [0.15, 0.2) is 17.2 Å². The van der Waals surface area contributed by atoms with Crippen molar-refractivity contribution >= 4 is 35.2 Å². The maximum atomic E-state index is 13.2. The summed E-state index contributed by atoms with van der Waals surface area (Å²) in [6.45, 7) is 16.3. The van der Waals surface area contributed by atoms with Gasteiger partial charge in [-0.25, -0.2) is 24.1 Å². The number of ether oxygens (including phenoxy) is 4. The second-order valence-electron chi connectivity index (χ2n) is 12.8. The molecule has 0 heterocycles. The molecular weight excluding hydrogens is 584 g/mol. The number of hydrogen-bond donors (Lipinski definition) is 4. The third kappa shape index (κ3) is 13.8. The van der Waals surface area contributed by atoms with Crippen molar-refractivity contribution < 1.29 is 46.9 Å². The normalized spacial score (nSPS) is 25.1. The van der Waals surface area contributed by atoms with E-state index in [4.69, 9.17) is 18.5 Å². The van der Waals surface area contributed by atoms with Crippen molar-refractivity contribution in [3.63, 3.8) is 0 Å². The summed E-state index contributed by atoms with van der Waals surface area (Å²) in [6.07, 6.45) is -2.14. The zero-order valence-corrected chi connectivity index (χ0v) is 28.2. The molecule has 0 aromatic rings. The topological polar surface area (TPSA) is 183 Å². The van der Waals surface area contributed by atoms with Crippen LogP contribution < -0.4 is 16.1 Å². The minimum Gasteiger partial charge on any atom is -0.467 e. The summed E-state index contributed by atoms with van der Waals surface area (Å²) in [4.78, 5) is 41.0. The first-order chi connectivity index (χ1) is 19.8. The number of hydroxylamine groups is 1. The number of methoxy groups -OCH3 is 2. The first-order valence-corrected chi connectivity index (χ1v) is 15.6. The van der Waals surface area contributed by atoms with Gasteiger partial charge in [-0.3, -0.25) is 10.3 Å². The summed E-state index contributed by atoms with van der Waals surface area (Å²) in [5, 5.41) is 15.1. The summed E-state index contributed by atoms with van der Waals surface area (Å²) in [6, 6.07) is -1.04. The van der Waals surface area contributed by atoms with Crippen LogP contribution in [0.1, 0.15) is 81.6 Å². The van der Waals surface area contributed by atoms with Crippen LogP contribution in [0, 0.1) is 17.8 Å². The molecule has 4 N–H and O–H groups in total. The van der Waals surface area contributed by atoms with Gasteiger partial charge < -0.3 is 29.4 Å². The highest BCUT2D eigenvalue weighted by Gasteiger charge is 2.42. The number of alkyl carbamates (subject to hydrolysis) is 2. The summed E-state index contributed by atoms with van der Waals surface area (Å²) in [5.74, 6) is -0.826. The number of nitrogens with zero attached hydrogens (tertiary/aromatic N) is 1. The first kappa shape index (κ1) is 38.5. The zero-order valence-electron chi connectivity index (χ0n) is 27.3. The number of aliphatic hydroxyl groups is 1. The molecule has 0 radical (unpaired) electrons. The number of amides is 2. The molecule has 250 valence electrons. The van der Waals surface area contributed by atoms with Gasteiger partial charge in [-0.15, -0.1) is 0 Å². The van der Waals surface area contributed by atoms with E-state index in [1.807, 2.05) is 13.8 Å². The molecule has 43 heavy (non-hydrogen) atoms. The average Bonchev–Trinajstić information content (AvgIpc) is 2.87. The van der Waals surface area contributed by atoms with Crippen LogP contribution in [0.5, 0.6) is 0 Å². The van der Waals surface area contributed by atoms with Crippen LogP contribution in [0.3, 0.4) is 0 Å². The fourth-order valence-corrected chi connectivity index (χ4v) is 6.10. The fourth-order valence-electron chi connectivity index (χ4n) is 4.74. The Bertz CT molecular complexity index is 982. The molecule has 1 aliphatic rings. The van der Waals surface area contributed by atoms with Crippen molar-refractivity contribution in [1.82, 2.24) is 16.1 Å². The van der Waals surface area contributed by atoms with E-state index in [0.29, 0.717) is 0 Å². The standard InChI is InChI=1S/C28H52N4O10S/c1-16-15-20(38-10)17(2)18(3)22(16)43(37)42-32-24(31-26(36)41-28(7,8)9)29-14-12-13-19(21(33)23(34)39-11)30-25(35)40-27(4,5)6/h16-22,33H,12-15H2,1-11H3,(H,30,35)(H2,29,31,32,36). The van der Waals surface area contributed by atoms with Crippen molar-refractivity contribution in [2.45, 2.75) is 116 Å². The first-order valence-electron chi connectivity index (χ1n) is 14.5. The van der Waals surface area contributed by atoms with Crippen LogP contribution in [0.2, 0.25) is 0 Å². The van der Waals surface area contributed by atoms with Crippen molar-refractivity contribution in [1.29, 1.82) is 0 Å². The van der Waals surface area contributed by atoms with Gasteiger partial charge in [0.05, 0.1) is 24.5 Å². The molecule has 8 unspecified atom stereocenters. The monoisotopic (exact) mass is 636 g/mol. The lowest BCUT2D eigenvalue weighted by molar-refractivity contribution is -0.152. The number of hydrogen-bond acceptors (Lipinski definition) is 11. The number of carbonyl (C=O) groups excluding carboxylic acids is 3. The smallest absolute Gasteiger partial charge is 0.414 e. The number of nitrogens with one attached hydrogen (secondary N) is 3. The third-order valence-corrected chi connectivity index (χ3v) is 8.52. The summed E-state index contributed by atoms with van der Waals surface area (Å²) >= 11 is -1.79. The van der Waals surface area contributed by atoms with Crippen molar-refractivity contribution in [2.24, 2.45) is 22.7 Å². The Labute approximate surface area is 258 Å². The van der Waals surface area contributed by atoms with Gasteiger partial charge in [-0.2, -0.15) is 4.28 Å². The van der Waals surface area contributed by atoms with Crippen LogP contribution in [-0.2, 0) is 39.1 Å². The van der Waals surface area contributed by atoms with Gasteiger partial charge in [-0.1, -0.05) is 20.8 Å². The van der Waals surface area contributed by atoms with E-state index < -0.39 is 52.6 Å². The highest BCUT2D eigenvalue weighted by atomic mass is 32.2. The van der Waals surface area contributed by atoms with E-state index in [2.05, 4.69) is 32.8 Å². The van der Waals surface area contributed by atoms with E-state index in [0.717, 1.165) is 13.5 Å². The summed E-state index contributed by atoms with van der Waals surface area (Å²) in [7, 11) is 2.79. The Kier molecular flexibility index (Phi) is 15.3. The molecule has 0 spiro atoms. The van der Waals surface area contributed by atoms with Gasteiger partial charge in [0.1, 0.15) is 11.2 Å². The molecular formula is C28H52N4O10S. The highest BCUT2D eigenvalue weighted by Crippen LogP contribution is 2.38. The molecule has 14 nitrogen and oxygen atoms in total. The predicted octanol–water partition coefficient (Wildman–Crippen LogP) is 2.96. The minimum atomic E-state index is -1.79. The zero-order chi connectivity index (χ0) is 33.1. The van der Waals surface area contributed by atoms with E-state index >= 15 is 0 Å². The molecule has 0 aliphatic heterocycles. The van der Waals surface area contributed by atoms with Crippen LogP contribution >= 0.6 is 0 Å². The number of esters is 1. The number of rotatable bonds is 11. The maximum absolute atomic E-state index is 13.2. The van der Waals surface area contributed by atoms with Gasteiger partial charge in [0.2, 0.25) is 5.96 Å². The second kappa shape index (κ2) is 17.1. The molecule has 0 bridgehead atoms. The van der Waals surface area contributed by atoms with Gasteiger partial charge >= 0.3 is 18.2 Å². The molecule has 15 heteroatoms. The van der Waals surface area contributed by atoms with Crippen LogP contribution in [0.4, 0.5) is 9.59 Å². The summed E-state index contributed by atoms with van der Waals surface area (Å²) in [5.41, 5.74) is 0.925. The molecule has 8 atom stereocenters. The Morgan fingerprint density at radius 2 is 1.56 bits per heavy atom. The third-order valence-electron chi connectivity index (χ3n) is 6.93. The predicted molar refractivity (Wildman–Crippen MR) is 161 cm³/mol. The number of aliphatic hydroxyl groups excluding tert-OH is 1. The lowest BCUT2D eigenvalue weighted by atomic mass is 9.74. The molecule has 1 rings (SSSR count). The van der Waals surface area contributed by atoms with Crippen molar-refractivity contribution in [3.8, 4) is 0 Å². The SMILES string of the molecule is COC(=O)C(O)C(CCCN=C(NOS(=O)C1C(C)CC(OC)C(C)C1C)NC(=O)OC(C)(C)C)NC(=O)OC(C)(C)C. The van der Waals surface area contributed by atoms with Crippen molar-refractivity contribution in [2.75, 3.05) is 20.8 Å². The molecule has 1 aliphatic carbocycles. The maximum Gasteiger partial charge on any atom is 0.414 e. The molecule has 2 amide bonds. The van der Waals surface area contributed by atoms with Crippen LogP contribution in [0.25, 0.3) is 0 Å². The summed E-state index contributed by atoms with van der Waals surface area (Å²) < 4.78 is 39.5. The Morgan fingerprint density at radius 3 is 2.09 bits per heavy atom. The molecule has 0 aromatic carbocycles. The van der Waals surface area contributed by atoms with E-state index in [1.54, 1.807) is 48.7 Å². The van der Waals surface area contributed by atoms with Crippen LogP contribution in [-0.4, -0.2) is 88.9 Å². The fraction of sp³-hybridized carbons (Fsp3) is 0.857. The second-order valence-corrected chi connectivity index (χ2v) is 14.1. The largest absolute Gasteiger partial charge is 0.467 e. The van der Waals surface area contributed by atoms with E-state index in [9.17, 15) is 23.7 Å².